The van der Waals surface area contributed by atoms with Crippen molar-refractivity contribution < 1.29 is 27.6 Å². The lowest BCUT2D eigenvalue weighted by Gasteiger charge is -2.35. The number of piperazine rings is 1. The lowest BCUT2D eigenvalue weighted by atomic mass is 10.1. The van der Waals surface area contributed by atoms with Gasteiger partial charge in [-0.1, -0.05) is 6.07 Å². The van der Waals surface area contributed by atoms with E-state index in [2.05, 4.69) is 5.32 Å². The molecule has 1 aliphatic rings. The average molecular weight is 453 g/mol. The molecule has 3 amide bonds. The maximum atomic E-state index is 12.7. The molecule has 3 rings (SSSR count). The fourth-order valence-electron chi connectivity index (χ4n) is 3.24. The van der Waals surface area contributed by atoms with Crippen LogP contribution in [-0.4, -0.2) is 60.2 Å². The summed E-state index contributed by atoms with van der Waals surface area (Å²) in [5.41, 5.74) is -0.611. The van der Waals surface area contributed by atoms with Gasteiger partial charge in [0.05, 0.1) is 10.4 Å². The number of halogens is 3. The number of nitrogens with one attached hydrogen (secondary N) is 1. The van der Waals surface area contributed by atoms with Crippen molar-refractivity contribution in [3.05, 3.63) is 57.8 Å². The summed E-state index contributed by atoms with van der Waals surface area (Å²) < 4.78 is 38.0. The first-order valence-electron chi connectivity index (χ1n) is 9.82. The first kappa shape index (κ1) is 22.8. The van der Waals surface area contributed by atoms with Gasteiger partial charge in [0.2, 0.25) is 5.91 Å². The van der Waals surface area contributed by atoms with Crippen LogP contribution in [0.1, 0.15) is 38.4 Å². The monoisotopic (exact) mass is 453 g/mol. The molecule has 0 spiro atoms. The Labute approximate surface area is 181 Å². The second kappa shape index (κ2) is 9.95. The van der Waals surface area contributed by atoms with Crippen LogP contribution in [0.4, 0.5) is 13.2 Å². The molecule has 2 aromatic rings. The van der Waals surface area contributed by atoms with Gasteiger partial charge in [0.1, 0.15) is 0 Å². The van der Waals surface area contributed by atoms with Crippen molar-refractivity contribution >= 4 is 29.1 Å². The summed E-state index contributed by atoms with van der Waals surface area (Å²) in [6, 6.07) is 7.66. The maximum absolute atomic E-state index is 12.7. The number of nitrogens with zero attached hydrogens (tertiary/aromatic N) is 2. The molecule has 0 aliphatic carbocycles. The van der Waals surface area contributed by atoms with Crippen molar-refractivity contribution in [3.8, 4) is 0 Å². The Morgan fingerprint density at radius 3 is 2.19 bits per heavy atom. The van der Waals surface area contributed by atoms with Crippen molar-refractivity contribution in [3.63, 3.8) is 0 Å². The van der Waals surface area contributed by atoms with E-state index in [0.717, 1.165) is 12.1 Å². The zero-order valence-corrected chi connectivity index (χ0v) is 17.5. The molecule has 0 unspecified atom stereocenters. The van der Waals surface area contributed by atoms with E-state index in [1.807, 2.05) is 5.38 Å². The Morgan fingerprint density at radius 2 is 1.61 bits per heavy atom. The molecule has 2 heterocycles. The minimum Gasteiger partial charge on any atom is -0.351 e. The Hall–Kier alpha value is -2.88. The van der Waals surface area contributed by atoms with Gasteiger partial charge < -0.3 is 15.1 Å². The molecule has 31 heavy (non-hydrogen) atoms. The molecule has 6 nitrogen and oxygen atoms in total. The fraction of sp³-hybridized carbons (Fsp3) is 0.381. The van der Waals surface area contributed by atoms with Crippen LogP contribution in [0.5, 0.6) is 0 Å². The number of carbonyl (C=O) groups excluding carboxylic acids is 3. The van der Waals surface area contributed by atoms with Crippen molar-refractivity contribution in [2.75, 3.05) is 32.7 Å². The number of hydrogen-bond acceptors (Lipinski definition) is 4. The SMILES string of the molecule is O=C(NCCCC(=O)N1CCN(C(=O)c2ccc(C(F)(F)F)cc2)CC1)c1cccs1. The van der Waals surface area contributed by atoms with E-state index in [9.17, 15) is 27.6 Å². The highest BCUT2D eigenvalue weighted by atomic mass is 32.1. The van der Waals surface area contributed by atoms with Crippen LogP contribution in [0.25, 0.3) is 0 Å². The zero-order valence-electron chi connectivity index (χ0n) is 16.7. The molecule has 1 N–H and O–H groups in total. The molecule has 166 valence electrons. The quantitative estimate of drug-likeness (QED) is 0.683. The van der Waals surface area contributed by atoms with E-state index < -0.39 is 11.7 Å². The summed E-state index contributed by atoms with van der Waals surface area (Å²) in [5.74, 6) is -0.554. The van der Waals surface area contributed by atoms with E-state index in [4.69, 9.17) is 0 Å². The Balaban J connectivity index is 1.40. The molecule has 0 radical (unpaired) electrons. The van der Waals surface area contributed by atoms with Crippen molar-refractivity contribution in [1.82, 2.24) is 15.1 Å². The molecule has 0 atom stereocenters. The van der Waals surface area contributed by atoms with Crippen LogP contribution in [-0.2, 0) is 11.0 Å². The first-order chi connectivity index (χ1) is 14.8. The summed E-state index contributed by atoms with van der Waals surface area (Å²) in [5, 5.41) is 4.59. The van der Waals surface area contributed by atoms with E-state index in [1.165, 1.54) is 28.4 Å². The second-order valence-corrected chi connectivity index (χ2v) is 8.03. The molecular formula is C21H22F3N3O3S. The number of alkyl halides is 3. The molecule has 1 aromatic carbocycles. The highest BCUT2D eigenvalue weighted by molar-refractivity contribution is 7.12. The molecule has 1 fully saturated rings. The van der Waals surface area contributed by atoms with Gasteiger partial charge >= 0.3 is 6.18 Å². The highest BCUT2D eigenvalue weighted by Crippen LogP contribution is 2.29. The Bertz CT molecular complexity index is 906. The highest BCUT2D eigenvalue weighted by Gasteiger charge is 2.31. The number of amides is 3. The van der Waals surface area contributed by atoms with Crippen LogP contribution in [0.3, 0.4) is 0 Å². The predicted molar refractivity (Wildman–Crippen MR) is 110 cm³/mol. The smallest absolute Gasteiger partial charge is 0.351 e. The summed E-state index contributed by atoms with van der Waals surface area (Å²) in [6.07, 6.45) is -3.64. The van der Waals surface area contributed by atoms with Crippen molar-refractivity contribution in [1.29, 1.82) is 0 Å². The van der Waals surface area contributed by atoms with E-state index in [0.29, 0.717) is 44.0 Å². The second-order valence-electron chi connectivity index (χ2n) is 7.08. The third-order valence-corrected chi connectivity index (χ3v) is 5.85. The number of hydrogen-bond donors (Lipinski definition) is 1. The summed E-state index contributed by atoms with van der Waals surface area (Å²) in [7, 11) is 0. The van der Waals surface area contributed by atoms with Crippen molar-refractivity contribution in [2.24, 2.45) is 0 Å². The average Bonchev–Trinajstić information content (AvgIpc) is 3.30. The number of thiophene rings is 1. The molecular weight excluding hydrogens is 431 g/mol. The van der Waals surface area contributed by atoms with Crippen molar-refractivity contribution in [2.45, 2.75) is 19.0 Å². The normalized spacial score (nSPS) is 14.4. The van der Waals surface area contributed by atoms with Crippen LogP contribution >= 0.6 is 11.3 Å². The van der Waals surface area contributed by atoms with E-state index in [1.54, 1.807) is 17.0 Å². The Morgan fingerprint density at radius 1 is 0.968 bits per heavy atom. The third kappa shape index (κ3) is 6.06. The lowest BCUT2D eigenvalue weighted by molar-refractivity contribution is -0.137. The first-order valence-corrected chi connectivity index (χ1v) is 10.7. The van der Waals surface area contributed by atoms with Crippen LogP contribution in [0, 0.1) is 0 Å². The topological polar surface area (TPSA) is 69.7 Å². The fourth-order valence-corrected chi connectivity index (χ4v) is 3.88. The van der Waals surface area contributed by atoms with Gasteiger partial charge in [0.25, 0.3) is 11.8 Å². The van der Waals surface area contributed by atoms with E-state index in [-0.39, 0.29) is 29.7 Å². The molecule has 1 aliphatic heterocycles. The zero-order chi connectivity index (χ0) is 22.4. The minimum absolute atomic E-state index is 0.0491. The molecule has 1 saturated heterocycles. The van der Waals surface area contributed by atoms with E-state index >= 15 is 0 Å². The largest absolute Gasteiger partial charge is 0.416 e. The Kier molecular flexibility index (Phi) is 7.32. The maximum Gasteiger partial charge on any atom is 0.416 e. The molecule has 0 saturated carbocycles. The summed E-state index contributed by atoms with van der Waals surface area (Å²) >= 11 is 1.35. The number of carbonyl (C=O) groups is 3. The molecule has 10 heteroatoms. The van der Waals surface area contributed by atoms with Gasteiger partial charge in [0.15, 0.2) is 0 Å². The lowest BCUT2D eigenvalue weighted by Crippen LogP contribution is -2.50. The third-order valence-electron chi connectivity index (χ3n) is 4.98. The van der Waals surface area contributed by atoms with Gasteiger partial charge in [-0.25, -0.2) is 0 Å². The minimum atomic E-state index is -4.44. The summed E-state index contributed by atoms with van der Waals surface area (Å²) in [6.45, 7) is 1.77. The number of rotatable bonds is 6. The molecule has 0 bridgehead atoms. The van der Waals surface area contributed by atoms with Gasteiger partial charge in [0, 0.05) is 44.7 Å². The standard InChI is InChI=1S/C21H22F3N3O3S/c22-21(23,24)16-7-5-15(6-8-16)20(30)27-12-10-26(11-13-27)18(28)4-1-9-25-19(29)17-3-2-14-31-17/h2-3,5-8,14H,1,4,9-13H2,(H,25,29). The van der Waals surface area contributed by atoms with Gasteiger partial charge in [-0.15, -0.1) is 11.3 Å². The van der Waals surface area contributed by atoms with Gasteiger partial charge in [-0.2, -0.15) is 13.2 Å². The predicted octanol–water partition coefficient (Wildman–Crippen LogP) is 3.26. The van der Waals surface area contributed by atoms with Crippen LogP contribution in [0.15, 0.2) is 41.8 Å². The van der Waals surface area contributed by atoms with Gasteiger partial charge in [-0.05, 0) is 42.1 Å². The molecule has 1 aromatic heterocycles. The number of benzene rings is 1. The summed E-state index contributed by atoms with van der Waals surface area (Å²) in [4.78, 5) is 40.5. The van der Waals surface area contributed by atoms with Gasteiger partial charge in [-0.3, -0.25) is 14.4 Å². The van der Waals surface area contributed by atoms with Crippen LogP contribution in [0.2, 0.25) is 0 Å². The van der Waals surface area contributed by atoms with Crippen LogP contribution < -0.4 is 5.32 Å².